The van der Waals surface area contributed by atoms with Gasteiger partial charge in [-0.05, 0) is 11.1 Å². The summed E-state index contributed by atoms with van der Waals surface area (Å²) >= 11 is 0. The second kappa shape index (κ2) is 5.14. The number of fused-ring (bicyclic) bond motifs is 1. The zero-order valence-electron chi connectivity index (χ0n) is 10.3. The SMILES string of the molecule is CO[C@H]1[C@H](O)[C@@H](OC)c2ccccc2[C@@H]1OC. The van der Waals surface area contributed by atoms with Crippen LogP contribution in [-0.2, 0) is 14.2 Å². The molecule has 4 atom stereocenters. The predicted octanol–water partition coefficient (Wildman–Crippen LogP) is 1.45. The van der Waals surface area contributed by atoms with E-state index in [9.17, 15) is 5.11 Å². The Morgan fingerprint density at radius 2 is 1.41 bits per heavy atom. The number of hydrogen-bond donors (Lipinski definition) is 1. The summed E-state index contributed by atoms with van der Waals surface area (Å²) in [5.74, 6) is 0. The van der Waals surface area contributed by atoms with Gasteiger partial charge >= 0.3 is 0 Å². The summed E-state index contributed by atoms with van der Waals surface area (Å²) in [6.07, 6.45) is -1.79. The first-order valence-electron chi connectivity index (χ1n) is 5.59. The summed E-state index contributed by atoms with van der Waals surface area (Å²) in [7, 11) is 4.78. The molecule has 0 amide bonds. The molecule has 4 heteroatoms. The van der Waals surface area contributed by atoms with Gasteiger partial charge in [0, 0.05) is 21.3 Å². The van der Waals surface area contributed by atoms with Gasteiger partial charge in [-0.1, -0.05) is 24.3 Å². The van der Waals surface area contributed by atoms with Crippen LogP contribution in [0, 0.1) is 0 Å². The van der Waals surface area contributed by atoms with Crippen molar-refractivity contribution >= 4 is 0 Å². The van der Waals surface area contributed by atoms with E-state index >= 15 is 0 Å². The maximum atomic E-state index is 10.2. The van der Waals surface area contributed by atoms with E-state index in [2.05, 4.69) is 0 Å². The highest BCUT2D eigenvalue weighted by atomic mass is 16.5. The second-order valence-electron chi connectivity index (χ2n) is 4.13. The van der Waals surface area contributed by atoms with Crippen LogP contribution >= 0.6 is 0 Å². The summed E-state index contributed by atoms with van der Waals surface area (Å²) in [5, 5.41) is 10.2. The lowest BCUT2D eigenvalue weighted by Gasteiger charge is -2.39. The lowest BCUT2D eigenvalue weighted by atomic mass is 9.83. The minimum atomic E-state index is -0.732. The molecule has 0 saturated heterocycles. The summed E-state index contributed by atoms with van der Waals surface area (Å²) in [5.41, 5.74) is 1.97. The molecule has 0 heterocycles. The minimum Gasteiger partial charge on any atom is -0.387 e. The Morgan fingerprint density at radius 3 is 1.88 bits per heavy atom. The number of hydrogen-bond acceptors (Lipinski definition) is 4. The van der Waals surface area contributed by atoms with E-state index in [4.69, 9.17) is 14.2 Å². The number of aliphatic hydroxyl groups is 1. The fourth-order valence-electron chi connectivity index (χ4n) is 2.53. The molecule has 2 rings (SSSR count). The highest BCUT2D eigenvalue weighted by molar-refractivity contribution is 5.36. The van der Waals surface area contributed by atoms with Gasteiger partial charge in [0.1, 0.15) is 24.4 Å². The third-order valence-electron chi connectivity index (χ3n) is 3.33. The van der Waals surface area contributed by atoms with Gasteiger partial charge in [0.2, 0.25) is 0 Å². The first kappa shape index (κ1) is 12.5. The van der Waals surface area contributed by atoms with Crippen molar-refractivity contribution in [3.63, 3.8) is 0 Å². The van der Waals surface area contributed by atoms with Crippen molar-refractivity contribution in [2.45, 2.75) is 24.4 Å². The van der Waals surface area contributed by atoms with E-state index in [1.807, 2.05) is 24.3 Å². The molecule has 94 valence electrons. The van der Waals surface area contributed by atoms with Gasteiger partial charge in [0.25, 0.3) is 0 Å². The number of rotatable bonds is 3. The van der Waals surface area contributed by atoms with Crippen molar-refractivity contribution in [1.82, 2.24) is 0 Å². The molecule has 1 N–H and O–H groups in total. The van der Waals surface area contributed by atoms with Crippen molar-refractivity contribution in [2.24, 2.45) is 0 Å². The van der Waals surface area contributed by atoms with E-state index in [-0.39, 0.29) is 12.2 Å². The minimum absolute atomic E-state index is 0.266. The first-order valence-corrected chi connectivity index (χ1v) is 5.59. The first-order chi connectivity index (χ1) is 8.24. The predicted molar refractivity (Wildman–Crippen MR) is 62.7 cm³/mol. The normalized spacial score (nSPS) is 32.2. The van der Waals surface area contributed by atoms with E-state index in [0.29, 0.717) is 0 Å². The molecule has 0 bridgehead atoms. The van der Waals surface area contributed by atoms with Crippen molar-refractivity contribution < 1.29 is 19.3 Å². The summed E-state index contributed by atoms with van der Waals surface area (Å²) < 4.78 is 16.2. The third kappa shape index (κ3) is 1.98. The van der Waals surface area contributed by atoms with E-state index < -0.39 is 12.2 Å². The topological polar surface area (TPSA) is 47.9 Å². The molecule has 1 aromatic carbocycles. The molecular formula is C13H18O4. The van der Waals surface area contributed by atoms with Crippen LogP contribution < -0.4 is 0 Å². The Hall–Kier alpha value is -0.940. The summed E-state index contributed by atoms with van der Waals surface area (Å²) in [4.78, 5) is 0. The Kier molecular flexibility index (Phi) is 3.79. The molecule has 1 aliphatic carbocycles. The molecule has 0 aromatic heterocycles. The number of methoxy groups -OCH3 is 3. The maximum Gasteiger partial charge on any atom is 0.116 e. The van der Waals surface area contributed by atoms with Crippen LogP contribution in [0.2, 0.25) is 0 Å². The molecule has 0 spiro atoms. The summed E-state index contributed by atoms with van der Waals surface area (Å²) in [6, 6.07) is 7.80. The number of ether oxygens (including phenoxy) is 3. The lowest BCUT2D eigenvalue weighted by Crippen LogP contribution is -2.44. The molecule has 1 aromatic rings. The van der Waals surface area contributed by atoms with Gasteiger partial charge in [0.15, 0.2) is 0 Å². The van der Waals surface area contributed by atoms with Gasteiger partial charge in [-0.3, -0.25) is 0 Å². The fraction of sp³-hybridized carbons (Fsp3) is 0.538. The van der Waals surface area contributed by atoms with Crippen molar-refractivity contribution in [3.05, 3.63) is 35.4 Å². The molecule has 0 fully saturated rings. The van der Waals surface area contributed by atoms with Gasteiger partial charge in [-0.25, -0.2) is 0 Å². The zero-order chi connectivity index (χ0) is 12.4. The van der Waals surface area contributed by atoms with Crippen LogP contribution in [0.5, 0.6) is 0 Å². The van der Waals surface area contributed by atoms with E-state index in [0.717, 1.165) is 11.1 Å². The fourth-order valence-corrected chi connectivity index (χ4v) is 2.53. The summed E-state index contributed by atoms with van der Waals surface area (Å²) in [6.45, 7) is 0. The van der Waals surface area contributed by atoms with Crippen LogP contribution in [0.15, 0.2) is 24.3 Å². The standard InChI is InChI=1S/C13H18O4/c1-15-11-8-6-4-5-7-9(8)12(16-2)13(17-3)10(11)14/h4-7,10-14H,1-3H3/t10-,11+,12+,13+/m1/s1. The van der Waals surface area contributed by atoms with Crippen molar-refractivity contribution in [2.75, 3.05) is 21.3 Å². The Balaban J connectivity index is 2.49. The van der Waals surface area contributed by atoms with Crippen LogP contribution in [0.3, 0.4) is 0 Å². The van der Waals surface area contributed by atoms with Gasteiger partial charge in [-0.2, -0.15) is 0 Å². The van der Waals surface area contributed by atoms with Crippen molar-refractivity contribution in [3.8, 4) is 0 Å². The average Bonchev–Trinajstić information content (AvgIpc) is 2.37. The quantitative estimate of drug-likeness (QED) is 0.866. The Bertz CT molecular complexity index is 379. The molecule has 0 saturated carbocycles. The largest absolute Gasteiger partial charge is 0.387 e. The molecular weight excluding hydrogens is 220 g/mol. The van der Waals surface area contributed by atoms with Gasteiger partial charge < -0.3 is 19.3 Å². The number of benzene rings is 1. The maximum absolute atomic E-state index is 10.2. The molecule has 0 radical (unpaired) electrons. The Labute approximate surface area is 101 Å². The molecule has 17 heavy (non-hydrogen) atoms. The third-order valence-corrected chi connectivity index (χ3v) is 3.33. The average molecular weight is 238 g/mol. The van der Waals surface area contributed by atoms with E-state index in [1.165, 1.54) is 0 Å². The van der Waals surface area contributed by atoms with Crippen LogP contribution in [0.1, 0.15) is 23.3 Å². The Morgan fingerprint density at radius 1 is 0.882 bits per heavy atom. The smallest absolute Gasteiger partial charge is 0.116 e. The zero-order valence-corrected chi connectivity index (χ0v) is 10.3. The van der Waals surface area contributed by atoms with Crippen molar-refractivity contribution in [1.29, 1.82) is 0 Å². The molecule has 4 nitrogen and oxygen atoms in total. The van der Waals surface area contributed by atoms with Gasteiger partial charge in [-0.15, -0.1) is 0 Å². The molecule has 0 aliphatic heterocycles. The van der Waals surface area contributed by atoms with Crippen LogP contribution in [0.4, 0.5) is 0 Å². The van der Waals surface area contributed by atoms with E-state index in [1.54, 1.807) is 21.3 Å². The molecule has 1 aliphatic rings. The second-order valence-corrected chi connectivity index (χ2v) is 4.13. The van der Waals surface area contributed by atoms with Crippen LogP contribution in [-0.4, -0.2) is 38.6 Å². The van der Waals surface area contributed by atoms with Crippen LogP contribution in [0.25, 0.3) is 0 Å². The van der Waals surface area contributed by atoms with Gasteiger partial charge in [0.05, 0.1) is 0 Å². The monoisotopic (exact) mass is 238 g/mol. The molecule has 0 unspecified atom stereocenters. The number of aliphatic hydroxyl groups excluding tert-OH is 1. The highest BCUT2D eigenvalue weighted by Crippen LogP contribution is 2.40. The highest BCUT2D eigenvalue weighted by Gasteiger charge is 2.42. The lowest BCUT2D eigenvalue weighted by molar-refractivity contribution is -0.151.